The normalized spacial score (nSPS) is 20.6. The average molecular weight is 248 g/mol. The summed E-state index contributed by atoms with van der Waals surface area (Å²) in [6, 6.07) is 0.163. The molecule has 1 heterocycles. The number of nitrogens with one attached hydrogen (secondary N) is 2. The minimum Gasteiger partial charge on any atom is -0.355 e. The molecule has 0 spiro atoms. The monoisotopic (exact) mass is 248 g/mol. The number of hydrogen-bond donors (Lipinski definition) is 2. The lowest BCUT2D eigenvalue weighted by molar-refractivity contribution is -0.120. The van der Waals surface area contributed by atoms with Crippen LogP contribution in [0, 0.1) is 0 Å². The highest BCUT2D eigenvalue weighted by atomic mass is 32.2. The Bertz CT molecular complexity index is 313. The van der Waals surface area contributed by atoms with Crippen LogP contribution < -0.4 is 10.6 Å². The molecule has 2 N–H and O–H groups in total. The van der Waals surface area contributed by atoms with Crippen molar-refractivity contribution in [3.8, 4) is 0 Å². The third-order valence-electron chi connectivity index (χ3n) is 2.68. The van der Waals surface area contributed by atoms with Crippen molar-refractivity contribution in [3.63, 3.8) is 0 Å². The van der Waals surface area contributed by atoms with Gasteiger partial charge < -0.3 is 10.6 Å². The zero-order valence-corrected chi connectivity index (χ0v) is 10.5. The van der Waals surface area contributed by atoms with E-state index in [9.17, 15) is 13.2 Å². The van der Waals surface area contributed by atoms with Crippen molar-refractivity contribution in [2.75, 3.05) is 24.6 Å². The summed E-state index contributed by atoms with van der Waals surface area (Å²) < 4.78 is 22.3. The SMILES string of the molecule is CCCNC(=O)CNC1CCS(=O)(=O)CC1. The Morgan fingerprint density at radius 2 is 1.94 bits per heavy atom. The Morgan fingerprint density at radius 3 is 2.50 bits per heavy atom. The van der Waals surface area contributed by atoms with Gasteiger partial charge in [0.15, 0.2) is 0 Å². The van der Waals surface area contributed by atoms with E-state index in [4.69, 9.17) is 0 Å². The second kappa shape index (κ2) is 6.20. The topological polar surface area (TPSA) is 75.3 Å². The highest BCUT2D eigenvalue weighted by Gasteiger charge is 2.23. The molecule has 0 saturated carbocycles. The van der Waals surface area contributed by atoms with Gasteiger partial charge in [-0.15, -0.1) is 0 Å². The van der Waals surface area contributed by atoms with Crippen molar-refractivity contribution < 1.29 is 13.2 Å². The van der Waals surface area contributed by atoms with E-state index in [2.05, 4.69) is 10.6 Å². The number of hydrogen-bond acceptors (Lipinski definition) is 4. The smallest absolute Gasteiger partial charge is 0.233 e. The van der Waals surface area contributed by atoms with E-state index in [0.29, 0.717) is 19.4 Å². The summed E-state index contributed by atoms with van der Waals surface area (Å²) in [5.41, 5.74) is 0. The van der Waals surface area contributed by atoms with Gasteiger partial charge >= 0.3 is 0 Å². The van der Waals surface area contributed by atoms with Gasteiger partial charge in [-0.3, -0.25) is 4.79 Å². The largest absolute Gasteiger partial charge is 0.355 e. The van der Waals surface area contributed by atoms with Crippen LogP contribution in [0.4, 0.5) is 0 Å². The maximum absolute atomic E-state index is 11.3. The van der Waals surface area contributed by atoms with E-state index >= 15 is 0 Å². The lowest BCUT2D eigenvalue weighted by atomic mass is 10.1. The van der Waals surface area contributed by atoms with E-state index in [0.717, 1.165) is 6.42 Å². The molecule has 1 fully saturated rings. The highest BCUT2D eigenvalue weighted by molar-refractivity contribution is 7.91. The van der Waals surface area contributed by atoms with E-state index in [1.807, 2.05) is 6.92 Å². The number of rotatable bonds is 5. The second-order valence-corrected chi connectivity index (χ2v) is 6.46. The molecule has 1 rings (SSSR count). The molecule has 94 valence electrons. The fraction of sp³-hybridized carbons (Fsp3) is 0.900. The van der Waals surface area contributed by atoms with Gasteiger partial charge in [0, 0.05) is 12.6 Å². The minimum absolute atomic E-state index is 0.0183. The van der Waals surface area contributed by atoms with E-state index < -0.39 is 9.84 Å². The quantitative estimate of drug-likeness (QED) is 0.699. The van der Waals surface area contributed by atoms with Gasteiger partial charge in [0.05, 0.1) is 18.1 Å². The third kappa shape index (κ3) is 4.94. The Hall–Kier alpha value is -0.620. The molecule has 1 aliphatic heterocycles. The summed E-state index contributed by atoms with van der Waals surface area (Å²) in [6.45, 7) is 2.98. The lowest BCUT2D eigenvalue weighted by Gasteiger charge is -2.22. The molecule has 6 heteroatoms. The lowest BCUT2D eigenvalue weighted by Crippen LogP contribution is -2.43. The Kier molecular flexibility index (Phi) is 5.21. The van der Waals surface area contributed by atoms with E-state index in [-0.39, 0.29) is 30.0 Å². The number of sulfone groups is 1. The van der Waals surface area contributed by atoms with Gasteiger partial charge in [0.25, 0.3) is 0 Å². The summed E-state index contributed by atoms with van der Waals surface area (Å²) in [5.74, 6) is 0.456. The summed E-state index contributed by atoms with van der Waals surface area (Å²) in [5, 5.41) is 5.86. The predicted octanol–water partition coefficient (Wildman–Crippen LogP) is -0.321. The molecule has 5 nitrogen and oxygen atoms in total. The van der Waals surface area contributed by atoms with Crippen molar-refractivity contribution in [1.29, 1.82) is 0 Å². The average Bonchev–Trinajstić information content (AvgIpc) is 2.25. The van der Waals surface area contributed by atoms with Crippen LogP contribution in [0.3, 0.4) is 0 Å². The van der Waals surface area contributed by atoms with Crippen LogP contribution in [-0.2, 0) is 14.6 Å². The molecule has 1 aliphatic rings. The predicted molar refractivity (Wildman–Crippen MR) is 63.0 cm³/mol. The first kappa shape index (κ1) is 13.4. The zero-order valence-electron chi connectivity index (χ0n) is 9.66. The van der Waals surface area contributed by atoms with Crippen LogP contribution in [0.2, 0.25) is 0 Å². The molecule has 0 aromatic carbocycles. The van der Waals surface area contributed by atoms with Crippen LogP contribution in [0.5, 0.6) is 0 Å². The van der Waals surface area contributed by atoms with Crippen molar-refractivity contribution in [3.05, 3.63) is 0 Å². The van der Waals surface area contributed by atoms with Gasteiger partial charge in [0.1, 0.15) is 9.84 Å². The van der Waals surface area contributed by atoms with E-state index in [1.165, 1.54) is 0 Å². The maximum atomic E-state index is 11.3. The van der Waals surface area contributed by atoms with Gasteiger partial charge in [-0.2, -0.15) is 0 Å². The van der Waals surface area contributed by atoms with Gasteiger partial charge in [-0.25, -0.2) is 8.42 Å². The minimum atomic E-state index is -2.81. The van der Waals surface area contributed by atoms with Crippen LogP contribution in [-0.4, -0.2) is 45.0 Å². The molecule has 1 saturated heterocycles. The fourth-order valence-corrected chi connectivity index (χ4v) is 3.15. The second-order valence-electron chi connectivity index (χ2n) is 4.16. The summed E-state index contributed by atoms with van der Waals surface area (Å²) in [6.07, 6.45) is 2.15. The van der Waals surface area contributed by atoms with Crippen LogP contribution in [0.1, 0.15) is 26.2 Å². The van der Waals surface area contributed by atoms with E-state index in [1.54, 1.807) is 0 Å². The molecule has 0 aliphatic carbocycles. The van der Waals surface area contributed by atoms with Crippen molar-refractivity contribution in [2.45, 2.75) is 32.2 Å². The Balaban J connectivity index is 2.17. The molecule has 0 aromatic rings. The van der Waals surface area contributed by atoms with Gasteiger partial charge in [-0.1, -0.05) is 6.92 Å². The van der Waals surface area contributed by atoms with Crippen LogP contribution in [0.25, 0.3) is 0 Å². The molecular formula is C10H20N2O3S. The first-order chi connectivity index (χ1) is 7.53. The number of amides is 1. The molecule has 16 heavy (non-hydrogen) atoms. The molecule has 0 aromatic heterocycles. The third-order valence-corrected chi connectivity index (χ3v) is 4.39. The Morgan fingerprint density at radius 1 is 1.31 bits per heavy atom. The van der Waals surface area contributed by atoms with Crippen molar-refractivity contribution >= 4 is 15.7 Å². The van der Waals surface area contributed by atoms with Crippen LogP contribution in [0.15, 0.2) is 0 Å². The first-order valence-electron chi connectivity index (χ1n) is 5.74. The summed E-state index contributed by atoms with van der Waals surface area (Å²) >= 11 is 0. The standard InChI is InChI=1S/C10H20N2O3S/c1-2-5-11-10(13)8-12-9-3-6-16(14,15)7-4-9/h9,12H,2-8H2,1H3,(H,11,13). The first-order valence-corrected chi connectivity index (χ1v) is 7.56. The zero-order chi connectivity index (χ0) is 12.0. The number of carbonyl (C=O) groups excluding carboxylic acids is 1. The summed E-state index contributed by atoms with van der Waals surface area (Å²) in [7, 11) is -2.81. The molecule has 1 amide bonds. The van der Waals surface area contributed by atoms with Crippen molar-refractivity contribution in [2.24, 2.45) is 0 Å². The summed E-state index contributed by atoms with van der Waals surface area (Å²) in [4.78, 5) is 11.3. The van der Waals surface area contributed by atoms with Gasteiger partial charge in [0.2, 0.25) is 5.91 Å². The number of carbonyl (C=O) groups is 1. The molecule has 0 unspecified atom stereocenters. The highest BCUT2D eigenvalue weighted by Crippen LogP contribution is 2.11. The molecule has 0 atom stereocenters. The van der Waals surface area contributed by atoms with Gasteiger partial charge in [-0.05, 0) is 19.3 Å². The molecule has 0 radical (unpaired) electrons. The van der Waals surface area contributed by atoms with Crippen molar-refractivity contribution in [1.82, 2.24) is 10.6 Å². The Labute approximate surface area is 96.9 Å². The maximum Gasteiger partial charge on any atom is 0.233 e. The van der Waals surface area contributed by atoms with Crippen LogP contribution >= 0.6 is 0 Å². The fourth-order valence-electron chi connectivity index (χ4n) is 1.66. The molecular weight excluding hydrogens is 228 g/mol. The molecule has 0 bridgehead atoms.